The summed E-state index contributed by atoms with van der Waals surface area (Å²) in [6.07, 6.45) is -0.779. The summed E-state index contributed by atoms with van der Waals surface area (Å²) in [4.78, 5) is 10.8. The molecule has 0 bridgehead atoms. The molecule has 0 aliphatic carbocycles. The van der Waals surface area contributed by atoms with Gasteiger partial charge in [0.25, 0.3) is 0 Å². The Bertz CT molecular complexity index is 451. The molecule has 0 saturated carbocycles. The van der Waals surface area contributed by atoms with Crippen LogP contribution < -0.4 is 15.8 Å². The van der Waals surface area contributed by atoms with Crippen molar-refractivity contribution < 1.29 is 18.7 Å². The Morgan fingerprint density at radius 3 is 3.06 bits per heavy atom. The molecule has 98 valence electrons. The minimum absolute atomic E-state index is 0.212. The lowest BCUT2D eigenvalue weighted by atomic mass is 10.1. The zero-order valence-electron chi connectivity index (χ0n) is 9.98. The minimum atomic E-state index is -0.449. The average molecular weight is 254 g/mol. The van der Waals surface area contributed by atoms with E-state index in [0.717, 1.165) is 0 Å². The fourth-order valence-electron chi connectivity index (χ4n) is 1.71. The number of hydrogen-bond acceptors (Lipinski definition) is 4. The first-order valence-corrected chi connectivity index (χ1v) is 5.68. The molecule has 1 unspecified atom stereocenters. The largest absolute Gasteiger partial charge is 0.489 e. The van der Waals surface area contributed by atoms with Crippen LogP contribution in [0.5, 0.6) is 5.75 Å². The summed E-state index contributed by atoms with van der Waals surface area (Å²) < 4.78 is 23.6. The lowest BCUT2D eigenvalue weighted by molar-refractivity contribution is 0.104. The van der Waals surface area contributed by atoms with E-state index >= 15 is 0 Å². The second-order valence-electron chi connectivity index (χ2n) is 4.19. The Labute approximate surface area is 104 Å². The van der Waals surface area contributed by atoms with E-state index in [-0.39, 0.29) is 24.6 Å². The Morgan fingerprint density at radius 1 is 1.67 bits per heavy atom. The lowest BCUT2D eigenvalue weighted by Gasteiger charge is -2.15. The van der Waals surface area contributed by atoms with Crippen molar-refractivity contribution in [2.24, 2.45) is 5.73 Å². The van der Waals surface area contributed by atoms with E-state index in [1.165, 1.54) is 18.2 Å². The van der Waals surface area contributed by atoms with E-state index in [0.29, 0.717) is 17.9 Å². The van der Waals surface area contributed by atoms with Gasteiger partial charge in [0.15, 0.2) is 6.10 Å². The van der Waals surface area contributed by atoms with Crippen molar-refractivity contribution in [3.8, 4) is 5.75 Å². The van der Waals surface area contributed by atoms with Crippen molar-refractivity contribution in [2.75, 3.05) is 13.2 Å². The number of carbonyl (C=O) groups is 1. The van der Waals surface area contributed by atoms with Crippen molar-refractivity contribution in [3.63, 3.8) is 0 Å². The third-order valence-corrected chi connectivity index (χ3v) is 2.63. The van der Waals surface area contributed by atoms with Gasteiger partial charge in [0.1, 0.15) is 18.2 Å². The maximum Gasteiger partial charge on any atom is 0.407 e. The molecule has 2 rings (SSSR count). The highest BCUT2D eigenvalue weighted by Gasteiger charge is 2.23. The molecule has 1 heterocycles. The standard InChI is InChI=1S/C12H15FN2O3/c1-7(14)10-4-8(13)2-3-11(10)17-6-9-5-15-12(16)18-9/h2-4,7,9H,5-6,14H2,1H3,(H,15,16)/t7-,9?/m0/s1. The average Bonchev–Trinajstić information content (AvgIpc) is 2.73. The molecule has 1 fully saturated rings. The molecule has 3 N–H and O–H groups in total. The van der Waals surface area contributed by atoms with Crippen molar-refractivity contribution in [3.05, 3.63) is 29.6 Å². The van der Waals surface area contributed by atoms with Crippen molar-refractivity contribution in [1.82, 2.24) is 5.32 Å². The molecule has 0 radical (unpaired) electrons. The van der Waals surface area contributed by atoms with E-state index < -0.39 is 6.09 Å². The minimum Gasteiger partial charge on any atom is -0.489 e. The maximum absolute atomic E-state index is 13.1. The number of benzene rings is 1. The number of nitrogens with one attached hydrogen (secondary N) is 1. The molecular weight excluding hydrogens is 239 g/mol. The second-order valence-corrected chi connectivity index (χ2v) is 4.19. The number of carbonyl (C=O) groups excluding carboxylic acids is 1. The molecule has 1 saturated heterocycles. The zero-order chi connectivity index (χ0) is 13.1. The van der Waals surface area contributed by atoms with Crippen LogP contribution in [0.3, 0.4) is 0 Å². The van der Waals surface area contributed by atoms with Gasteiger partial charge in [0, 0.05) is 11.6 Å². The number of cyclic esters (lactones) is 1. The van der Waals surface area contributed by atoms with Gasteiger partial charge in [-0.05, 0) is 25.1 Å². The number of halogens is 1. The van der Waals surface area contributed by atoms with Crippen LogP contribution in [0, 0.1) is 5.82 Å². The molecule has 5 nitrogen and oxygen atoms in total. The first kappa shape index (κ1) is 12.6. The Hall–Kier alpha value is -1.82. The molecule has 1 aliphatic rings. The van der Waals surface area contributed by atoms with E-state index in [2.05, 4.69) is 5.32 Å². The first-order valence-electron chi connectivity index (χ1n) is 5.68. The zero-order valence-corrected chi connectivity index (χ0v) is 9.98. The van der Waals surface area contributed by atoms with Gasteiger partial charge in [0.2, 0.25) is 0 Å². The third kappa shape index (κ3) is 2.89. The number of nitrogens with two attached hydrogens (primary N) is 1. The van der Waals surface area contributed by atoms with Crippen LogP contribution in [-0.4, -0.2) is 25.3 Å². The van der Waals surface area contributed by atoms with E-state index in [4.69, 9.17) is 15.2 Å². The Morgan fingerprint density at radius 2 is 2.44 bits per heavy atom. The van der Waals surface area contributed by atoms with E-state index in [9.17, 15) is 9.18 Å². The molecule has 0 spiro atoms. The second kappa shape index (κ2) is 5.22. The molecule has 18 heavy (non-hydrogen) atoms. The highest BCUT2D eigenvalue weighted by Crippen LogP contribution is 2.25. The number of amides is 1. The topological polar surface area (TPSA) is 73.6 Å². The summed E-state index contributed by atoms with van der Waals surface area (Å²) in [6.45, 7) is 2.37. The number of alkyl carbamates (subject to hydrolysis) is 1. The van der Waals surface area contributed by atoms with Gasteiger partial charge in [-0.1, -0.05) is 0 Å². The van der Waals surface area contributed by atoms with Crippen LogP contribution in [0.25, 0.3) is 0 Å². The van der Waals surface area contributed by atoms with Gasteiger partial charge >= 0.3 is 6.09 Å². The Balaban J connectivity index is 2.02. The summed E-state index contributed by atoms with van der Waals surface area (Å²) in [7, 11) is 0. The van der Waals surface area contributed by atoms with Gasteiger partial charge in [-0.3, -0.25) is 0 Å². The maximum atomic E-state index is 13.1. The van der Waals surface area contributed by atoms with Gasteiger partial charge in [-0.2, -0.15) is 0 Å². The van der Waals surface area contributed by atoms with Crippen molar-refractivity contribution in [1.29, 1.82) is 0 Å². The summed E-state index contributed by atoms with van der Waals surface area (Å²) in [5.41, 5.74) is 6.33. The lowest BCUT2D eigenvalue weighted by Crippen LogP contribution is -2.22. The summed E-state index contributed by atoms with van der Waals surface area (Å²) in [5.74, 6) is 0.151. The molecule has 6 heteroatoms. The molecule has 0 aromatic heterocycles. The smallest absolute Gasteiger partial charge is 0.407 e. The van der Waals surface area contributed by atoms with Gasteiger partial charge in [0.05, 0.1) is 6.54 Å². The predicted octanol–water partition coefficient (Wildman–Crippen LogP) is 1.33. The molecule has 1 aliphatic heterocycles. The molecule has 2 atom stereocenters. The monoisotopic (exact) mass is 254 g/mol. The Kier molecular flexibility index (Phi) is 3.66. The predicted molar refractivity (Wildman–Crippen MR) is 62.8 cm³/mol. The van der Waals surface area contributed by atoms with Crippen LogP contribution in [0.15, 0.2) is 18.2 Å². The fourth-order valence-corrected chi connectivity index (χ4v) is 1.71. The van der Waals surface area contributed by atoms with Crippen LogP contribution in [-0.2, 0) is 4.74 Å². The van der Waals surface area contributed by atoms with Gasteiger partial charge in [-0.15, -0.1) is 0 Å². The third-order valence-electron chi connectivity index (χ3n) is 2.63. The number of rotatable bonds is 4. The van der Waals surface area contributed by atoms with Crippen LogP contribution >= 0.6 is 0 Å². The molecular formula is C12H15FN2O3. The van der Waals surface area contributed by atoms with Crippen LogP contribution in [0.4, 0.5) is 9.18 Å². The van der Waals surface area contributed by atoms with E-state index in [1.807, 2.05) is 0 Å². The normalized spacial score (nSPS) is 20.2. The van der Waals surface area contributed by atoms with Gasteiger partial charge in [-0.25, -0.2) is 9.18 Å². The van der Waals surface area contributed by atoms with Crippen LogP contribution in [0.2, 0.25) is 0 Å². The van der Waals surface area contributed by atoms with E-state index in [1.54, 1.807) is 6.92 Å². The number of hydrogen-bond donors (Lipinski definition) is 2. The van der Waals surface area contributed by atoms with Crippen molar-refractivity contribution >= 4 is 6.09 Å². The molecule has 1 aromatic carbocycles. The summed E-state index contributed by atoms with van der Waals surface area (Å²) in [6, 6.07) is 3.84. The van der Waals surface area contributed by atoms with Gasteiger partial charge < -0.3 is 20.5 Å². The summed E-state index contributed by atoms with van der Waals surface area (Å²) >= 11 is 0. The van der Waals surface area contributed by atoms with Crippen molar-refractivity contribution in [2.45, 2.75) is 19.1 Å². The SMILES string of the molecule is C[C@H](N)c1cc(F)ccc1OCC1CNC(=O)O1. The highest BCUT2D eigenvalue weighted by atomic mass is 19.1. The highest BCUT2D eigenvalue weighted by molar-refractivity contribution is 5.69. The van der Waals surface area contributed by atoms with Crippen LogP contribution in [0.1, 0.15) is 18.5 Å². The molecule has 1 amide bonds. The quantitative estimate of drug-likeness (QED) is 0.850. The number of ether oxygens (including phenoxy) is 2. The summed E-state index contributed by atoms with van der Waals surface area (Å²) in [5, 5.41) is 2.53. The fraction of sp³-hybridized carbons (Fsp3) is 0.417. The molecule has 1 aromatic rings. The first-order chi connectivity index (χ1) is 8.56.